The molecule has 2 heterocycles. The molecular formula is C13H9N3O2S. The Morgan fingerprint density at radius 3 is 3.11 bits per heavy atom. The summed E-state index contributed by atoms with van der Waals surface area (Å²) >= 11 is 1.66. The van der Waals surface area contributed by atoms with Crippen LogP contribution in [0.1, 0.15) is 17.5 Å². The van der Waals surface area contributed by atoms with Crippen LogP contribution in [0, 0.1) is 11.3 Å². The number of para-hydroxylation sites is 1. The van der Waals surface area contributed by atoms with E-state index in [9.17, 15) is 4.79 Å². The average Bonchev–Trinajstić information content (AvgIpc) is 2.46. The van der Waals surface area contributed by atoms with E-state index >= 15 is 0 Å². The lowest BCUT2D eigenvalue weighted by Gasteiger charge is -2.24. The molecule has 0 spiro atoms. The highest BCUT2D eigenvalue weighted by atomic mass is 32.2. The predicted octanol–water partition coefficient (Wildman–Crippen LogP) is 1.87. The molecule has 1 N–H and O–H groups in total. The Hall–Kier alpha value is -2.26. The number of nitrogens with one attached hydrogen (secondary N) is 1. The molecule has 0 amide bonds. The minimum atomic E-state index is -0.431. The van der Waals surface area contributed by atoms with Crippen LogP contribution in [0.5, 0.6) is 5.75 Å². The highest BCUT2D eigenvalue weighted by Gasteiger charge is 2.23. The van der Waals surface area contributed by atoms with Crippen molar-refractivity contribution < 1.29 is 4.74 Å². The molecule has 1 aliphatic rings. The Bertz CT molecular complexity index is 720. The van der Waals surface area contributed by atoms with Gasteiger partial charge in [-0.15, -0.1) is 11.8 Å². The van der Waals surface area contributed by atoms with Crippen molar-refractivity contribution in [3.8, 4) is 11.8 Å². The Morgan fingerprint density at radius 2 is 2.32 bits per heavy atom. The molecule has 1 aromatic heterocycles. The molecule has 5 nitrogen and oxygen atoms in total. The maximum Gasteiger partial charge on any atom is 0.268 e. The largest absolute Gasteiger partial charge is 0.480 e. The Morgan fingerprint density at radius 1 is 1.47 bits per heavy atom. The van der Waals surface area contributed by atoms with Crippen molar-refractivity contribution >= 4 is 11.8 Å². The fourth-order valence-electron chi connectivity index (χ4n) is 1.81. The molecule has 2 aromatic rings. The summed E-state index contributed by atoms with van der Waals surface area (Å²) in [5.74, 6) is 1.91. The van der Waals surface area contributed by atoms with Crippen molar-refractivity contribution in [3.05, 3.63) is 52.2 Å². The number of nitriles is 1. The third-order valence-electron chi connectivity index (χ3n) is 2.75. The number of H-pyrrole nitrogens is 1. The molecule has 0 fully saturated rings. The second-order valence-electron chi connectivity index (χ2n) is 3.99. The summed E-state index contributed by atoms with van der Waals surface area (Å²) in [6.45, 7) is 0. The van der Waals surface area contributed by atoms with Crippen LogP contribution >= 0.6 is 11.8 Å². The van der Waals surface area contributed by atoms with Gasteiger partial charge in [-0.25, -0.2) is 4.98 Å². The van der Waals surface area contributed by atoms with Crippen LogP contribution in [0.15, 0.2) is 40.2 Å². The first kappa shape index (κ1) is 11.8. The lowest BCUT2D eigenvalue weighted by Crippen LogP contribution is -2.22. The third-order valence-corrected chi connectivity index (χ3v) is 3.87. The van der Waals surface area contributed by atoms with Gasteiger partial charge in [0.25, 0.3) is 5.56 Å². The number of hydrogen-bond acceptors (Lipinski definition) is 5. The summed E-state index contributed by atoms with van der Waals surface area (Å²) in [4.78, 5) is 19.3. The molecule has 0 radical (unpaired) electrons. The molecule has 0 saturated heterocycles. The fourth-order valence-corrected chi connectivity index (χ4v) is 2.80. The lowest BCUT2D eigenvalue weighted by atomic mass is 10.3. The molecule has 94 valence electrons. The van der Waals surface area contributed by atoms with E-state index in [4.69, 9.17) is 10.00 Å². The van der Waals surface area contributed by atoms with Crippen LogP contribution in [0.4, 0.5) is 0 Å². The topological polar surface area (TPSA) is 78.8 Å². The molecule has 19 heavy (non-hydrogen) atoms. The monoisotopic (exact) mass is 271 g/mol. The van der Waals surface area contributed by atoms with E-state index in [1.54, 1.807) is 17.8 Å². The summed E-state index contributed by atoms with van der Waals surface area (Å²) < 4.78 is 5.81. The quantitative estimate of drug-likeness (QED) is 0.856. The van der Waals surface area contributed by atoms with Gasteiger partial charge in [-0.3, -0.25) is 4.79 Å². The number of aromatic amines is 1. The standard InChI is InChI=1S/C13H9N3O2S/c14-5-8-6-15-12(16-13(8)17)10-7-19-11-4-2-1-3-9(11)18-10/h1-4,6,10H,7H2,(H,15,16,17). The van der Waals surface area contributed by atoms with Gasteiger partial charge in [0.1, 0.15) is 17.4 Å². The molecule has 0 bridgehead atoms. The molecular weight excluding hydrogens is 262 g/mol. The van der Waals surface area contributed by atoms with Gasteiger partial charge in [0, 0.05) is 10.6 Å². The number of rotatable bonds is 1. The molecule has 0 aliphatic carbocycles. The number of hydrogen-bond donors (Lipinski definition) is 1. The number of aromatic nitrogens is 2. The van der Waals surface area contributed by atoms with E-state index in [1.165, 1.54) is 6.20 Å². The first-order chi connectivity index (χ1) is 9.28. The summed E-state index contributed by atoms with van der Waals surface area (Å²) in [6.07, 6.45) is 0.975. The summed E-state index contributed by atoms with van der Waals surface area (Å²) in [5.41, 5.74) is -0.424. The summed E-state index contributed by atoms with van der Waals surface area (Å²) in [7, 11) is 0. The minimum absolute atomic E-state index is 0.00705. The molecule has 1 aliphatic heterocycles. The van der Waals surface area contributed by atoms with E-state index in [0.717, 1.165) is 10.6 Å². The summed E-state index contributed by atoms with van der Waals surface area (Å²) in [6, 6.07) is 9.52. The Labute approximate surface area is 113 Å². The molecule has 6 heteroatoms. The zero-order valence-electron chi connectivity index (χ0n) is 9.79. The number of fused-ring (bicyclic) bond motifs is 1. The van der Waals surface area contributed by atoms with E-state index in [2.05, 4.69) is 9.97 Å². The number of nitrogens with zero attached hydrogens (tertiary/aromatic N) is 2. The van der Waals surface area contributed by atoms with E-state index in [-0.39, 0.29) is 11.7 Å². The minimum Gasteiger partial charge on any atom is -0.480 e. The smallest absolute Gasteiger partial charge is 0.268 e. The number of ether oxygens (including phenoxy) is 1. The van der Waals surface area contributed by atoms with Gasteiger partial charge in [-0.2, -0.15) is 5.26 Å². The van der Waals surface area contributed by atoms with Crippen LogP contribution in [0.3, 0.4) is 0 Å². The maximum atomic E-state index is 11.6. The molecule has 1 unspecified atom stereocenters. The molecule has 3 rings (SSSR count). The zero-order valence-corrected chi connectivity index (χ0v) is 10.6. The van der Waals surface area contributed by atoms with Gasteiger partial charge < -0.3 is 9.72 Å². The zero-order chi connectivity index (χ0) is 13.2. The lowest BCUT2D eigenvalue weighted by molar-refractivity contribution is 0.210. The van der Waals surface area contributed by atoms with Crippen LogP contribution in [-0.4, -0.2) is 15.7 Å². The normalized spacial score (nSPS) is 17.1. The van der Waals surface area contributed by atoms with E-state index in [1.807, 2.05) is 24.3 Å². The van der Waals surface area contributed by atoms with Gasteiger partial charge >= 0.3 is 0 Å². The predicted molar refractivity (Wildman–Crippen MR) is 70.1 cm³/mol. The van der Waals surface area contributed by atoms with Gasteiger partial charge in [0.05, 0.1) is 6.20 Å². The Kier molecular flexibility index (Phi) is 2.97. The highest BCUT2D eigenvalue weighted by molar-refractivity contribution is 7.99. The molecule has 1 atom stereocenters. The van der Waals surface area contributed by atoms with Crippen LogP contribution < -0.4 is 10.3 Å². The SMILES string of the molecule is N#Cc1cnc(C2CSc3ccccc3O2)[nH]c1=O. The van der Waals surface area contributed by atoms with Crippen molar-refractivity contribution in [1.29, 1.82) is 5.26 Å². The number of thioether (sulfide) groups is 1. The van der Waals surface area contributed by atoms with Crippen molar-refractivity contribution in [2.45, 2.75) is 11.0 Å². The van der Waals surface area contributed by atoms with Crippen molar-refractivity contribution in [3.63, 3.8) is 0 Å². The van der Waals surface area contributed by atoms with Crippen molar-refractivity contribution in [1.82, 2.24) is 9.97 Å². The average molecular weight is 271 g/mol. The van der Waals surface area contributed by atoms with Crippen molar-refractivity contribution in [2.75, 3.05) is 5.75 Å². The van der Waals surface area contributed by atoms with Gasteiger partial charge in [-0.1, -0.05) is 12.1 Å². The van der Waals surface area contributed by atoms with Crippen LogP contribution in [0.25, 0.3) is 0 Å². The maximum absolute atomic E-state index is 11.6. The van der Waals surface area contributed by atoms with Gasteiger partial charge in [0.2, 0.25) is 0 Å². The second kappa shape index (κ2) is 4.78. The van der Waals surface area contributed by atoms with Gasteiger partial charge in [0.15, 0.2) is 11.9 Å². The van der Waals surface area contributed by atoms with E-state index < -0.39 is 5.56 Å². The van der Waals surface area contributed by atoms with Crippen LogP contribution in [-0.2, 0) is 0 Å². The first-order valence-electron chi connectivity index (χ1n) is 5.66. The fraction of sp³-hybridized carbons (Fsp3) is 0.154. The van der Waals surface area contributed by atoms with Gasteiger partial charge in [-0.05, 0) is 12.1 Å². The highest BCUT2D eigenvalue weighted by Crippen LogP contribution is 2.39. The molecule has 1 aromatic carbocycles. The van der Waals surface area contributed by atoms with E-state index in [0.29, 0.717) is 11.6 Å². The second-order valence-corrected chi connectivity index (χ2v) is 5.05. The first-order valence-corrected chi connectivity index (χ1v) is 6.64. The van der Waals surface area contributed by atoms with Crippen molar-refractivity contribution in [2.24, 2.45) is 0 Å². The number of benzene rings is 1. The Balaban J connectivity index is 1.92. The summed E-state index contributed by atoms with van der Waals surface area (Å²) in [5, 5.41) is 8.70. The molecule has 0 saturated carbocycles. The van der Waals surface area contributed by atoms with Crippen LogP contribution in [0.2, 0.25) is 0 Å². The third kappa shape index (κ3) is 2.20.